The van der Waals surface area contributed by atoms with Crippen LogP contribution in [0.4, 0.5) is 0 Å². The Morgan fingerprint density at radius 1 is 0.848 bits per heavy atom. The first-order valence-corrected chi connectivity index (χ1v) is 12.1. The van der Waals surface area contributed by atoms with Crippen LogP contribution < -0.4 is 14.8 Å². The third-order valence-electron chi connectivity index (χ3n) is 7.49. The molecule has 3 saturated heterocycles. The van der Waals surface area contributed by atoms with Crippen LogP contribution in [-0.4, -0.2) is 44.3 Å². The highest BCUT2D eigenvalue weighted by atomic mass is 16.5. The molecule has 2 bridgehead atoms. The van der Waals surface area contributed by atoms with Crippen LogP contribution in [0.3, 0.4) is 0 Å². The van der Waals surface area contributed by atoms with Crippen LogP contribution in [0.25, 0.3) is 11.1 Å². The molecule has 3 fully saturated rings. The third-order valence-corrected chi connectivity index (χ3v) is 7.49. The van der Waals surface area contributed by atoms with Gasteiger partial charge in [-0.05, 0) is 73.2 Å². The summed E-state index contributed by atoms with van der Waals surface area (Å²) in [5.41, 5.74) is 5.06. The molecule has 0 spiro atoms. The summed E-state index contributed by atoms with van der Waals surface area (Å²) in [7, 11) is 3.47. The van der Waals surface area contributed by atoms with E-state index in [0.717, 1.165) is 30.4 Å². The summed E-state index contributed by atoms with van der Waals surface area (Å²) in [6, 6.07) is 26.8. The van der Waals surface area contributed by atoms with Crippen LogP contribution in [-0.2, 0) is 13.0 Å². The lowest BCUT2D eigenvalue weighted by atomic mass is 9.76. The number of ether oxygens (including phenoxy) is 2. The molecule has 2 unspecified atom stereocenters. The highest BCUT2D eigenvalue weighted by Gasteiger charge is 2.41. The highest BCUT2D eigenvalue weighted by molar-refractivity contribution is 5.65. The van der Waals surface area contributed by atoms with E-state index in [-0.39, 0.29) is 0 Å². The second-order valence-corrected chi connectivity index (χ2v) is 9.29. The van der Waals surface area contributed by atoms with Crippen LogP contribution in [0.1, 0.15) is 24.0 Å². The second kappa shape index (κ2) is 9.98. The Kier molecular flexibility index (Phi) is 6.65. The predicted molar refractivity (Wildman–Crippen MR) is 134 cm³/mol. The fourth-order valence-corrected chi connectivity index (χ4v) is 5.66. The van der Waals surface area contributed by atoms with E-state index in [2.05, 4.69) is 64.8 Å². The standard InChI is InChI=1S/C29H34N2O2/c1-32-26-8-5-7-24(19-26)22-12-10-21(11-13-22)18-27-29(23-14-16-31(27)17-15-23)30-20-25-6-3-4-9-28(25)33-2/h3-13,19,23,27,29-30H,14-18,20H2,1-2H3. The molecule has 0 saturated carbocycles. The predicted octanol–water partition coefficient (Wildman–Crippen LogP) is 5.17. The van der Waals surface area contributed by atoms with Crippen molar-refractivity contribution < 1.29 is 9.47 Å². The van der Waals surface area contributed by atoms with Gasteiger partial charge in [-0.1, -0.05) is 54.6 Å². The zero-order chi connectivity index (χ0) is 22.6. The molecule has 3 heterocycles. The van der Waals surface area contributed by atoms with Gasteiger partial charge in [0.25, 0.3) is 0 Å². The topological polar surface area (TPSA) is 33.7 Å². The zero-order valence-electron chi connectivity index (χ0n) is 19.7. The van der Waals surface area contributed by atoms with Crippen molar-refractivity contribution in [1.82, 2.24) is 10.2 Å². The molecule has 3 aromatic carbocycles. The van der Waals surface area contributed by atoms with Crippen LogP contribution in [0.5, 0.6) is 11.5 Å². The molecular weight excluding hydrogens is 408 g/mol. The molecule has 0 aromatic heterocycles. The lowest BCUT2D eigenvalue weighted by Gasteiger charge is -2.51. The largest absolute Gasteiger partial charge is 0.497 e. The summed E-state index contributed by atoms with van der Waals surface area (Å²) in [5.74, 6) is 2.62. The lowest BCUT2D eigenvalue weighted by molar-refractivity contribution is 0.0126. The van der Waals surface area contributed by atoms with Gasteiger partial charge < -0.3 is 14.8 Å². The van der Waals surface area contributed by atoms with E-state index in [1.165, 1.54) is 48.2 Å². The minimum absolute atomic E-state index is 0.510. The van der Waals surface area contributed by atoms with E-state index in [1.807, 2.05) is 18.2 Å². The average Bonchev–Trinajstić information content (AvgIpc) is 2.89. The Bertz CT molecular complexity index is 1060. The molecule has 4 heteroatoms. The van der Waals surface area contributed by atoms with E-state index >= 15 is 0 Å². The first kappa shape index (κ1) is 22.0. The van der Waals surface area contributed by atoms with Crippen LogP contribution in [0.15, 0.2) is 72.8 Å². The average molecular weight is 443 g/mol. The highest BCUT2D eigenvalue weighted by Crippen LogP contribution is 2.35. The second-order valence-electron chi connectivity index (χ2n) is 9.29. The smallest absolute Gasteiger partial charge is 0.123 e. The molecule has 2 atom stereocenters. The summed E-state index contributed by atoms with van der Waals surface area (Å²) in [4.78, 5) is 2.70. The maximum Gasteiger partial charge on any atom is 0.123 e. The van der Waals surface area contributed by atoms with Gasteiger partial charge >= 0.3 is 0 Å². The Balaban J connectivity index is 1.30. The number of methoxy groups -OCH3 is 2. The number of hydrogen-bond donors (Lipinski definition) is 1. The monoisotopic (exact) mass is 442 g/mol. The van der Waals surface area contributed by atoms with Crippen molar-refractivity contribution in [1.29, 1.82) is 0 Å². The van der Waals surface area contributed by atoms with Crippen LogP contribution >= 0.6 is 0 Å². The van der Waals surface area contributed by atoms with E-state index in [9.17, 15) is 0 Å². The number of hydrogen-bond acceptors (Lipinski definition) is 4. The molecule has 172 valence electrons. The molecule has 33 heavy (non-hydrogen) atoms. The van der Waals surface area contributed by atoms with Crippen molar-refractivity contribution in [2.75, 3.05) is 27.3 Å². The Morgan fingerprint density at radius 3 is 2.39 bits per heavy atom. The summed E-state index contributed by atoms with van der Waals surface area (Å²) in [5, 5.41) is 3.93. The summed E-state index contributed by atoms with van der Waals surface area (Å²) in [6.07, 6.45) is 3.68. The molecule has 3 aromatic rings. The molecule has 0 aliphatic carbocycles. The molecule has 6 rings (SSSR count). The maximum absolute atomic E-state index is 5.57. The van der Waals surface area contributed by atoms with Crippen molar-refractivity contribution in [3.63, 3.8) is 0 Å². The van der Waals surface area contributed by atoms with E-state index in [1.54, 1.807) is 14.2 Å². The minimum Gasteiger partial charge on any atom is -0.497 e. The van der Waals surface area contributed by atoms with Crippen molar-refractivity contribution in [3.05, 3.63) is 83.9 Å². The van der Waals surface area contributed by atoms with Gasteiger partial charge in [0.1, 0.15) is 11.5 Å². The zero-order valence-corrected chi connectivity index (χ0v) is 19.7. The molecule has 0 radical (unpaired) electrons. The number of nitrogens with zero attached hydrogens (tertiary/aromatic N) is 1. The number of piperidine rings is 3. The van der Waals surface area contributed by atoms with Gasteiger partial charge in [-0.2, -0.15) is 0 Å². The SMILES string of the molecule is COc1cccc(-c2ccc(CC3C(NCc4ccccc4OC)C4CCN3CC4)cc2)c1. The van der Waals surface area contributed by atoms with Crippen molar-refractivity contribution in [3.8, 4) is 22.6 Å². The maximum atomic E-state index is 5.57. The fraction of sp³-hybridized carbons (Fsp3) is 0.379. The number of rotatable bonds is 8. The summed E-state index contributed by atoms with van der Waals surface area (Å²) < 4.78 is 11.0. The number of nitrogens with one attached hydrogen (secondary N) is 1. The van der Waals surface area contributed by atoms with Gasteiger partial charge in [-0.25, -0.2) is 0 Å². The van der Waals surface area contributed by atoms with E-state index in [0.29, 0.717) is 12.1 Å². The molecule has 3 aliphatic heterocycles. The summed E-state index contributed by atoms with van der Waals surface area (Å²) >= 11 is 0. The third kappa shape index (κ3) is 4.78. The van der Waals surface area contributed by atoms with Gasteiger partial charge in [0.15, 0.2) is 0 Å². The first-order valence-electron chi connectivity index (χ1n) is 12.1. The summed E-state index contributed by atoms with van der Waals surface area (Å²) in [6.45, 7) is 3.30. The van der Waals surface area contributed by atoms with E-state index in [4.69, 9.17) is 9.47 Å². The van der Waals surface area contributed by atoms with Crippen molar-refractivity contribution in [2.24, 2.45) is 5.92 Å². The van der Waals surface area contributed by atoms with Crippen LogP contribution in [0, 0.1) is 5.92 Å². The number of para-hydroxylation sites is 1. The Morgan fingerprint density at radius 2 is 1.64 bits per heavy atom. The quantitative estimate of drug-likeness (QED) is 0.522. The Labute approximate surface area is 197 Å². The molecule has 4 nitrogen and oxygen atoms in total. The number of benzene rings is 3. The molecule has 0 amide bonds. The van der Waals surface area contributed by atoms with E-state index < -0.39 is 0 Å². The molecule has 3 aliphatic rings. The van der Waals surface area contributed by atoms with Gasteiger partial charge in [0.05, 0.1) is 14.2 Å². The first-order chi connectivity index (χ1) is 16.2. The normalized spacial score (nSPS) is 23.9. The fourth-order valence-electron chi connectivity index (χ4n) is 5.66. The molecular formula is C29H34N2O2. The van der Waals surface area contributed by atoms with Gasteiger partial charge in [0.2, 0.25) is 0 Å². The van der Waals surface area contributed by atoms with Gasteiger partial charge in [-0.3, -0.25) is 4.90 Å². The van der Waals surface area contributed by atoms with Gasteiger partial charge in [-0.15, -0.1) is 0 Å². The van der Waals surface area contributed by atoms with Crippen molar-refractivity contribution >= 4 is 0 Å². The van der Waals surface area contributed by atoms with Crippen LogP contribution in [0.2, 0.25) is 0 Å². The molecule has 1 N–H and O–H groups in total. The Hall–Kier alpha value is -2.82. The lowest BCUT2D eigenvalue weighted by Crippen LogP contribution is -2.63. The van der Waals surface area contributed by atoms with Crippen molar-refractivity contribution in [2.45, 2.75) is 37.9 Å². The van der Waals surface area contributed by atoms with Gasteiger partial charge in [0, 0.05) is 24.2 Å². The minimum atomic E-state index is 0.510. The number of fused-ring (bicyclic) bond motifs is 3.